The Morgan fingerprint density at radius 1 is 0.938 bits per heavy atom. The Balaban J connectivity index is 1.35. The number of aryl methyl sites for hydroxylation is 1. The Labute approximate surface area is 286 Å². The number of allylic oxidation sites excluding steroid dienone is 1. The summed E-state index contributed by atoms with van der Waals surface area (Å²) >= 11 is 0. The fourth-order valence-electron chi connectivity index (χ4n) is 6.81. The van der Waals surface area contributed by atoms with Crippen molar-refractivity contribution in [1.29, 1.82) is 0 Å². The first kappa shape index (κ1) is 33.5. The molecule has 1 fully saturated rings. The Morgan fingerprint density at radius 2 is 1.71 bits per heavy atom. The molecule has 0 bridgehead atoms. The quantitative estimate of drug-likeness (QED) is 0.105. The van der Waals surface area contributed by atoms with E-state index in [1.54, 1.807) is 0 Å². The minimum absolute atomic E-state index is 0.109. The van der Waals surface area contributed by atoms with Gasteiger partial charge in [0.15, 0.2) is 0 Å². The lowest BCUT2D eigenvalue weighted by atomic mass is 9.95. The molecular formula is C42H51N5O. The first-order chi connectivity index (χ1) is 23.5. The van der Waals surface area contributed by atoms with Gasteiger partial charge in [-0.25, -0.2) is 9.97 Å². The van der Waals surface area contributed by atoms with Crippen molar-refractivity contribution in [3.8, 4) is 28.3 Å². The number of H-pyrrole nitrogens is 2. The van der Waals surface area contributed by atoms with Crippen molar-refractivity contribution in [1.82, 2.24) is 25.3 Å². The summed E-state index contributed by atoms with van der Waals surface area (Å²) < 4.78 is 6.81. The summed E-state index contributed by atoms with van der Waals surface area (Å²) in [6.07, 6.45) is 14.0. The van der Waals surface area contributed by atoms with E-state index in [0.717, 1.165) is 76.8 Å². The van der Waals surface area contributed by atoms with E-state index < -0.39 is 0 Å². The average Bonchev–Trinajstić information content (AvgIpc) is 3.92. The third-order valence-corrected chi connectivity index (χ3v) is 9.88. The van der Waals surface area contributed by atoms with E-state index in [1.165, 1.54) is 42.4 Å². The molecule has 6 rings (SSSR count). The van der Waals surface area contributed by atoms with E-state index in [-0.39, 0.29) is 6.10 Å². The molecular weight excluding hydrogens is 590 g/mol. The van der Waals surface area contributed by atoms with Gasteiger partial charge in [0.05, 0.1) is 29.8 Å². The SMILES string of the molecule is CCCCC(CC)c1ncc(-c2ccc(C)c(/C=C(\CC)c3ccc(-c4cnc([C@@H]5CCCN5)[nH]4)cc3OC(C)c3ccccc3)c2)[nH]1. The average molecular weight is 642 g/mol. The highest BCUT2D eigenvalue weighted by Crippen LogP contribution is 2.37. The Bertz CT molecular complexity index is 1810. The number of benzene rings is 3. The second-order valence-corrected chi connectivity index (χ2v) is 13.2. The van der Waals surface area contributed by atoms with Gasteiger partial charge < -0.3 is 20.0 Å². The van der Waals surface area contributed by atoms with Gasteiger partial charge >= 0.3 is 0 Å². The van der Waals surface area contributed by atoms with Crippen LogP contribution in [-0.2, 0) is 0 Å². The van der Waals surface area contributed by atoms with Gasteiger partial charge in [0, 0.05) is 22.6 Å². The molecule has 3 aromatic carbocycles. The topological polar surface area (TPSA) is 78.6 Å². The van der Waals surface area contributed by atoms with Crippen LogP contribution in [-0.4, -0.2) is 26.5 Å². The fourth-order valence-corrected chi connectivity index (χ4v) is 6.81. The first-order valence-electron chi connectivity index (χ1n) is 18.0. The summed E-state index contributed by atoms with van der Waals surface area (Å²) in [5, 5.41) is 3.55. The van der Waals surface area contributed by atoms with Gasteiger partial charge in [0.1, 0.15) is 23.5 Å². The lowest BCUT2D eigenvalue weighted by Crippen LogP contribution is -2.14. The fraction of sp³-hybridized carbons (Fsp3) is 0.381. The maximum atomic E-state index is 6.81. The number of nitrogens with one attached hydrogen (secondary N) is 3. The van der Waals surface area contributed by atoms with Crippen LogP contribution in [0, 0.1) is 6.92 Å². The Hall–Kier alpha value is -4.42. The molecule has 3 N–H and O–H groups in total. The van der Waals surface area contributed by atoms with Crippen molar-refractivity contribution in [3.63, 3.8) is 0 Å². The smallest absolute Gasteiger partial charge is 0.128 e. The van der Waals surface area contributed by atoms with Gasteiger partial charge in [0.2, 0.25) is 0 Å². The van der Waals surface area contributed by atoms with Crippen LogP contribution in [0.2, 0.25) is 0 Å². The molecule has 1 saturated heterocycles. The van der Waals surface area contributed by atoms with E-state index in [1.807, 2.05) is 18.5 Å². The van der Waals surface area contributed by atoms with Crippen molar-refractivity contribution < 1.29 is 4.74 Å². The third-order valence-electron chi connectivity index (χ3n) is 9.88. The van der Waals surface area contributed by atoms with Crippen molar-refractivity contribution >= 4 is 11.6 Å². The van der Waals surface area contributed by atoms with E-state index in [9.17, 15) is 0 Å². The van der Waals surface area contributed by atoms with Gasteiger partial charge in [-0.15, -0.1) is 0 Å². The van der Waals surface area contributed by atoms with Crippen LogP contribution in [0.3, 0.4) is 0 Å². The van der Waals surface area contributed by atoms with Gasteiger partial charge in [-0.1, -0.05) is 94.3 Å². The third kappa shape index (κ3) is 7.65. The molecule has 48 heavy (non-hydrogen) atoms. The highest BCUT2D eigenvalue weighted by Gasteiger charge is 2.21. The molecule has 3 atom stereocenters. The predicted octanol–water partition coefficient (Wildman–Crippen LogP) is 11.0. The molecule has 0 amide bonds. The van der Waals surface area contributed by atoms with Gasteiger partial charge in [-0.2, -0.15) is 0 Å². The van der Waals surface area contributed by atoms with Crippen LogP contribution in [0.15, 0.2) is 79.1 Å². The molecule has 5 aromatic rings. The van der Waals surface area contributed by atoms with E-state index in [4.69, 9.17) is 14.7 Å². The van der Waals surface area contributed by atoms with Gasteiger partial charge in [-0.05, 0) is 86.9 Å². The summed E-state index contributed by atoms with van der Waals surface area (Å²) in [5.74, 6) is 3.46. The zero-order chi connectivity index (χ0) is 33.5. The summed E-state index contributed by atoms with van der Waals surface area (Å²) in [6, 6.07) is 24.0. The molecule has 250 valence electrons. The van der Waals surface area contributed by atoms with Crippen molar-refractivity contribution in [2.75, 3.05) is 6.54 Å². The highest BCUT2D eigenvalue weighted by atomic mass is 16.5. The number of ether oxygens (including phenoxy) is 1. The van der Waals surface area contributed by atoms with E-state index in [2.05, 4.69) is 117 Å². The van der Waals surface area contributed by atoms with Crippen molar-refractivity contribution in [3.05, 3.63) is 113 Å². The predicted molar refractivity (Wildman–Crippen MR) is 199 cm³/mol. The van der Waals surface area contributed by atoms with Gasteiger partial charge in [0.25, 0.3) is 0 Å². The van der Waals surface area contributed by atoms with Crippen molar-refractivity contribution in [2.45, 2.75) is 97.6 Å². The molecule has 0 radical (unpaired) electrons. The zero-order valence-electron chi connectivity index (χ0n) is 29.3. The molecule has 0 aliphatic carbocycles. The number of aromatic amines is 2. The van der Waals surface area contributed by atoms with Crippen LogP contribution < -0.4 is 10.1 Å². The number of rotatable bonds is 14. The molecule has 3 heterocycles. The molecule has 1 aliphatic rings. The van der Waals surface area contributed by atoms with Crippen LogP contribution in [0.4, 0.5) is 0 Å². The standard InChI is InChI=1S/C42H51N5O/c1-6-9-14-30(7-2)41-44-26-38(46-41)33-19-18-28(4)35(24-33)23-31(8-3)36-21-20-34(39-27-45-42(47-39)37-17-13-22-43-37)25-40(36)48-29(5)32-15-11-10-12-16-32/h10-12,15-16,18-21,23-27,29-30,37,43H,6-9,13-14,17,22H2,1-5H3,(H,44,46)(H,45,47)/b31-23+/t29?,30?,37-/m0/s1. The van der Waals surface area contributed by atoms with Crippen LogP contribution >= 0.6 is 0 Å². The molecule has 6 nitrogen and oxygen atoms in total. The number of nitrogens with zero attached hydrogens (tertiary/aromatic N) is 2. The number of hydrogen-bond acceptors (Lipinski definition) is 4. The number of hydrogen-bond donors (Lipinski definition) is 3. The molecule has 2 unspecified atom stereocenters. The normalized spacial score (nSPS) is 16.3. The Kier molecular flexibility index (Phi) is 10.9. The van der Waals surface area contributed by atoms with E-state index >= 15 is 0 Å². The lowest BCUT2D eigenvalue weighted by Gasteiger charge is -2.20. The summed E-state index contributed by atoms with van der Waals surface area (Å²) in [4.78, 5) is 16.8. The summed E-state index contributed by atoms with van der Waals surface area (Å²) in [5.41, 5.74) is 10.2. The van der Waals surface area contributed by atoms with Gasteiger partial charge in [-0.3, -0.25) is 0 Å². The summed E-state index contributed by atoms with van der Waals surface area (Å²) in [7, 11) is 0. The van der Waals surface area contributed by atoms with Crippen LogP contribution in [0.25, 0.3) is 34.2 Å². The number of imidazole rings is 2. The lowest BCUT2D eigenvalue weighted by molar-refractivity contribution is 0.226. The molecule has 6 heteroatoms. The maximum absolute atomic E-state index is 6.81. The molecule has 0 saturated carbocycles. The Morgan fingerprint density at radius 3 is 2.46 bits per heavy atom. The largest absolute Gasteiger partial charge is 0.485 e. The molecule has 1 aliphatic heterocycles. The minimum atomic E-state index is -0.109. The molecule has 2 aromatic heterocycles. The second-order valence-electron chi connectivity index (χ2n) is 13.2. The summed E-state index contributed by atoms with van der Waals surface area (Å²) in [6.45, 7) is 12.1. The van der Waals surface area contributed by atoms with Crippen LogP contribution in [0.5, 0.6) is 5.75 Å². The van der Waals surface area contributed by atoms with E-state index in [0.29, 0.717) is 12.0 Å². The number of unbranched alkanes of at least 4 members (excludes halogenated alkanes) is 1. The zero-order valence-corrected chi connectivity index (χ0v) is 29.3. The maximum Gasteiger partial charge on any atom is 0.128 e. The van der Waals surface area contributed by atoms with Crippen molar-refractivity contribution in [2.24, 2.45) is 0 Å². The second kappa shape index (κ2) is 15.7. The minimum Gasteiger partial charge on any atom is -0.485 e. The monoisotopic (exact) mass is 641 g/mol. The highest BCUT2D eigenvalue weighted by molar-refractivity contribution is 5.86. The number of aromatic nitrogens is 4. The first-order valence-corrected chi connectivity index (χ1v) is 18.0. The molecule has 0 spiro atoms. The van der Waals surface area contributed by atoms with Crippen LogP contribution in [0.1, 0.15) is 125 Å².